The molecule has 1 unspecified atom stereocenters. The lowest BCUT2D eigenvalue weighted by atomic mass is 9.99. The van der Waals surface area contributed by atoms with Crippen LogP contribution >= 0.6 is 22.9 Å². The van der Waals surface area contributed by atoms with E-state index in [9.17, 15) is 4.79 Å². The second-order valence-electron chi connectivity index (χ2n) is 5.27. The van der Waals surface area contributed by atoms with E-state index < -0.39 is 5.97 Å². The summed E-state index contributed by atoms with van der Waals surface area (Å²) in [7, 11) is 0. The highest BCUT2D eigenvalue weighted by atomic mass is 35.5. The number of ether oxygens (including phenoxy) is 1. The highest BCUT2D eigenvalue weighted by Crippen LogP contribution is 2.38. The maximum absolute atomic E-state index is 10.8. The highest BCUT2D eigenvalue weighted by Gasteiger charge is 2.28. The average Bonchev–Trinajstić information content (AvgIpc) is 2.96. The highest BCUT2D eigenvalue weighted by molar-refractivity contribution is 7.11. The summed E-state index contributed by atoms with van der Waals surface area (Å²) >= 11 is 7.84. The molecule has 2 heterocycles. The van der Waals surface area contributed by atoms with E-state index in [1.807, 2.05) is 6.07 Å². The first-order valence-corrected chi connectivity index (χ1v) is 8.63. The van der Waals surface area contributed by atoms with Crippen molar-refractivity contribution in [1.29, 1.82) is 0 Å². The number of carbonyl (C=O) groups is 1. The Bertz CT molecular complexity index is 732. The number of hydrogen-bond donors (Lipinski definition) is 2. The minimum atomic E-state index is -1.01. The molecule has 1 aliphatic rings. The molecule has 1 atom stereocenters. The van der Waals surface area contributed by atoms with E-state index in [0.717, 1.165) is 40.5 Å². The number of aromatic nitrogens is 1. The van der Waals surface area contributed by atoms with Crippen LogP contribution in [0.2, 0.25) is 5.02 Å². The predicted molar refractivity (Wildman–Crippen MR) is 89.6 cm³/mol. The van der Waals surface area contributed by atoms with Gasteiger partial charge in [-0.1, -0.05) is 18.5 Å². The zero-order valence-electron chi connectivity index (χ0n) is 12.6. The van der Waals surface area contributed by atoms with Crippen LogP contribution in [0.15, 0.2) is 18.2 Å². The van der Waals surface area contributed by atoms with Crippen LogP contribution in [0.4, 0.5) is 0 Å². The minimum Gasteiger partial charge on any atom is -0.482 e. The van der Waals surface area contributed by atoms with Gasteiger partial charge >= 0.3 is 5.97 Å². The maximum atomic E-state index is 10.8. The van der Waals surface area contributed by atoms with Gasteiger partial charge in [-0.15, -0.1) is 11.3 Å². The number of nitrogens with one attached hydrogen (secondary N) is 1. The molecule has 0 bridgehead atoms. The normalized spacial score (nSPS) is 16.9. The number of fused-ring (bicyclic) bond motifs is 1. The number of benzene rings is 1. The zero-order chi connectivity index (χ0) is 16.4. The molecule has 23 heavy (non-hydrogen) atoms. The quantitative estimate of drug-likeness (QED) is 0.865. The fourth-order valence-electron chi connectivity index (χ4n) is 2.66. The topological polar surface area (TPSA) is 71.5 Å². The number of nitrogens with zero attached hydrogens (tertiary/aromatic N) is 1. The first-order chi connectivity index (χ1) is 11.1. The Labute approximate surface area is 143 Å². The molecule has 1 aromatic carbocycles. The van der Waals surface area contributed by atoms with Crippen LogP contribution in [0, 0.1) is 0 Å². The van der Waals surface area contributed by atoms with Gasteiger partial charge in [0.2, 0.25) is 0 Å². The molecular formula is C16H17ClN2O3S. The molecule has 0 aliphatic carbocycles. The van der Waals surface area contributed by atoms with Gasteiger partial charge in [0.1, 0.15) is 5.75 Å². The Morgan fingerprint density at radius 3 is 3.13 bits per heavy atom. The summed E-state index contributed by atoms with van der Waals surface area (Å²) in [5, 5.41) is 14.0. The molecule has 1 aromatic heterocycles. The van der Waals surface area contributed by atoms with Gasteiger partial charge in [0.15, 0.2) is 6.61 Å². The number of carboxylic acids is 1. The lowest BCUT2D eigenvalue weighted by Crippen LogP contribution is -2.30. The predicted octanol–water partition coefficient (Wildman–Crippen LogP) is 3.06. The van der Waals surface area contributed by atoms with E-state index in [4.69, 9.17) is 21.4 Å². The standard InChI is InChI=1S/C16H17ClN2O3S/c1-2-13-19-11-5-6-18-15(16(11)23-13)10-7-9(17)3-4-12(10)22-8-14(20)21/h3-4,7,15,18H,2,5-6,8H2,1H3,(H,20,21). The van der Waals surface area contributed by atoms with Crippen molar-refractivity contribution >= 4 is 28.9 Å². The summed E-state index contributed by atoms with van der Waals surface area (Å²) < 4.78 is 5.44. The second kappa shape index (κ2) is 6.86. The van der Waals surface area contributed by atoms with Gasteiger partial charge < -0.3 is 15.2 Å². The largest absolute Gasteiger partial charge is 0.482 e. The number of thiazole rings is 1. The third-order valence-electron chi connectivity index (χ3n) is 3.68. The van der Waals surface area contributed by atoms with E-state index in [0.29, 0.717) is 10.8 Å². The lowest BCUT2D eigenvalue weighted by Gasteiger charge is -2.25. The van der Waals surface area contributed by atoms with E-state index in [1.165, 1.54) is 0 Å². The molecule has 3 rings (SSSR count). The molecule has 5 nitrogen and oxygen atoms in total. The Kier molecular flexibility index (Phi) is 4.84. The van der Waals surface area contributed by atoms with Crippen LogP contribution in [0.1, 0.15) is 34.1 Å². The first kappa shape index (κ1) is 16.2. The van der Waals surface area contributed by atoms with Crippen molar-refractivity contribution in [2.45, 2.75) is 25.8 Å². The first-order valence-electron chi connectivity index (χ1n) is 7.44. The minimum absolute atomic E-state index is 0.0703. The lowest BCUT2D eigenvalue weighted by molar-refractivity contribution is -0.139. The van der Waals surface area contributed by atoms with Gasteiger partial charge in [-0.25, -0.2) is 9.78 Å². The number of halogens is 1. The average molecular weight is 353 g/mol. The van der Waals surface area contributed by atoms with Crippen molar-refractivity contribution in [3.63, 3.8) is 0 Å². The molecule has 0 saturated carbocycles. The molecule has 0 amide bonds. The Balaban J connectivity index is 2.00. The Hall–Kier alpha value is -1.63. The molecule has 0 radical (unpaired) electrons. The van der Waals surface area contributed by atoms with Gasteiger partial charge in [0.25, 0.3) is 0 Å². The van der Waals surface area contributed by atoms with E-state index >= 15 is 0 Å². The van der Waals surface area contributed by atoms with Gasteiger partial charge in [0.05, 0.1) is 16.7 Å². The maximum Gasteiger partial charge on any atom is 0.341 e. The van der Waals surface area contributed by atoms with Crippen molar-refractivity contribution in [1.82, 2.24) is 10.3 Å². The molecule has 2 N–H and O–H groups in total. The molecular weight excluding hydrogens is 336 g/mol. The molecule has 2 aromatic rings. The van der Waals surface area contributed by atoms with Crippen LogP contribution in [0.5, 0.6) is 5.75 Å². The van der Waals surface area contributed by atoms with E-state index in [2.05, 4.69) is 17.2 Å². The molecule has 0 spiro atoms. The summed E-state index contributed by atoms with van der Waals surface area (Å²) in [6, 6.07) is 5.18. The summed E-state index contributed by atoms with van der Waals surface area (Å²) in [6.45, 7) is 2.53. The van der Waals surface area contributed by atoms with Crippen molar-refractivity contribution in [2.75, 3.05) is 13.2 Å². The molecule has 1 aliphatic heterocycles. The van der Waals surface area contributed by atoms with E-state index in [-0.39, 0.29) is 12.6 Å². The monoisotopic (exact) mass is 352 g/mol. The van der Waals surface area contributed by atoms with Crippen LogP contribution in [0.3, 0.4) is 0 Å². The van der Waals surface area contributed by atoms with Crippen molar-refractivity contribution in [2.24, 2.45) is 0 Å². The Morgan fingerprint density at radius 1 is 1.57 bits per heavy atom. The number of rotatable bonds is 5. The zero-order valence-corrected chi connectivity index (χ0v) is 14.2. The van der Waals surface area contributed by atoms with Crippen LogP contribution in [0.25, 0.3) is 0 Å². The summed E-state index contributed by atoms with van der Waals surface area (Å²) in [4.78, 5) is 16.6. The SMILES string of the molecule is CCc1nc2c(s1)C(c1cc(Cl)ccc1OCC(=O)O)NCC2. The fraction of sp³-hybridized carbons (Fsp3) is 0.375. The second-order valence-corrected chi connectivity index (χ2v) is 6.83. The van der Waals surface area contributed by atoms with Gasteiger partial charge in [-0.2, -0.15) is 0 Å². The molecule has 0 fully saturated rings. The molecule has 122 valence electrons. The molecule has 7 heteroatoms. The summed E-state index contributed by atoms with van der Waals surface area (Å²) in [5.41, 5.74) is 1.96. The third-order valence-corrected chi connectivity index (χ3v) is 5.22. The smallest absolute Gasteiger partial charge is 0.341 e. The van der Waals surface area contributed by atoms with Crippen LogP contribution in [-0.4, -0.2) is 29.2 Å². The summed E-state index contributed by atoms with van der Waals surface area (Å²) in [6.07, 6.45) is 1.80. The Morgan fingerprint density at radius 2 is 2.39 bits per heavy atom. The van der Waals surface area contributed by atoms with E-state index in [1.54, 1.807) is 23.5 Å². The van der Waals surface area contributed by atoms with Crippen LogP contribution in [-0.2, 0) is 17.6 Å². The summed E-state index contributed by atoms with van der Waals surface area (Å²) in [5.74, 6) is -0.470. The number of carboxylic acid groups (broad SMARTS) is 1. The number of aliphatic carboxylic acids is 1. The van der Waals surface area contributed by atoms with Crippen molar-refractivity contribution in [3.8, 4) is 5.75 Å². The number of hydrogen-bond acceptors (Lipinski definition) is 5. The van der Waals surface area contributed by atoms with Gasteiger partial charge in [-0.05, 0) is 24.6 Å². The number of aryl methyl sites for hydroxylation is 1. The third kappa shape index (κ3) is 3.49. The molecule has 0 saturated heterocycles. The van der Waals surface area contributed by atoms with Crippen molar-refractivity contribution in [3.05, 3.63) is 44.4 Å². The van der Waals surface area contributed by atoms with Crippen molar-refractivity contribution < 1.29 is 14.6 Å². The van der Waals surface area contributed by atoms with Gasteiger partial charge in [0, 0.05) is 28.4 Å². The van der Waals surface area contributed by atoms with Gasteiger partial charge in [-0.3, -0.25) is 0 Å². The van der Waals surface area contributed by atoms with Crippen LogP contribution < -0.4 is 10.1 Å². The fourth-order valence-corrected chi connectivity index (χ4v) is 3.99.